The monoisotopic (exact) mass is 346 g/mol. The van der Waals surface area contributed by atoms with Crippen LogP contribution in [0.25, 0.3) is 0 Å². The van der Waals surface area contributed by atoms with Crippen LogP contribution in [-0.4, -0.2) is 28.2 Å². The van der Waals surface area contributed by atoms with Crippen LogP contribution in [-0.2, 0) is 16.8 Å². The SMILES string of the molecule is O=C(NC[C@H](O)Cn1ccccc1=O)C1(c2cccs2)CCCC1. The van der Waals surface area contributed by atoms with Gasteiger partial charge in [-0.05, 0) is 30.4 Å². The van der Waals surface area contributed by atoms with Crippen LogP contribution in [0.4, 0.5) is 0 Å². The van der Waals surface area contributed by atoms with Crippen LogP contribution in [0.1, 0.15) is 30.6 Å². The van der Waals surface area contributed by atoms with Gasteiger partial charge in [0.2, 0.25) is 5.91 Å². The average Bonchev–Trinajstić information content (AvgIpc) is 3.26. The van der Waals surface area contributed by atoms with Crippen molar-refractivity contribution < 1.29 is 9.90 Å². The Kier molecular flexibility index (Phi) is 5.16. The minimum Gasteiger partial charge on any atom is -0.389 e. The molecule has 2 aromatic rings. The van der Waals surface area contributed by atoms with Crippen LogP contribution < -0.4 is 10.9 Å². The predicted octanol–water partition coefficient (Wildman–Crippen LogP) is 1.90. The number of aliphatic hydroxyl groups is 1. The minimum absolute atomic E-state index is 0.0121. The number of aliphatic hydroxyl groups excluding tert-OH is 1. The van der Waals surface area contributed by atoms with Crippen LogP contribution in [0.2, 0.25) is 0 Å². The normalized spacial score (nSPS) is 17.5. The lowest BCUT2D eigenvalue weighted by molar-refractivity contribution is -0.127. The largest absolute Gasteiger partial charge is 0.389 e. The molecule has 0 aliphatic heterocycles. The Labute approximate surface area is 145 Å². The van der Waals surface area contributed by atoms with Gasteiger partial charge in [-0.15, -0.1) is 11.3 Å². The first-order chi connectivity index (χ1) is 11.6. The van der Waals surface area contributed by atoms with E-state index in [1.54, 1.807) is 29.7 Å². The highest BCUT2D eigenvalue weighted by Gasteiger charge is 2.43. The number of carbonyl (C=O) groups excluding carboxylic acids is 1. The van der Waals surface area contributed by atoms with Gasteiger partial charge in [-0.2, -0.15) is 0 Å². The fraction of sp³-hybridized carbons (Fsp3) is 0.444. The molecule has 1 amide bonds. The Morgan fingerprint density at radius 3 is 2.75 bits per heavy atom. The third kappa shape index (κ3) is 3.44. The zero-order chi connectivity index (χ0) is 17.0. The Morgan fingerprint density at radius 2 is 2.08 bits per heavy atom. The number of hydrogen-bond donors (Lipinski definition) is 2. The van der Waals surface area contributed by atoms with Crippen LogP contribution in [0, 0.1) is 0 Å². The molecular formula is C18H22N2O3S. The van der Waals surface area contributed by atoms with Crippen molar-refractivity contribution in [3.8, 4) is 0 Å². The van der Waals surface area contributed by atoms with Crippen molar-refractivity contribution in [2.75, 3.05) is 6.54 Å². The molecule has 0 radical (unpaired) electrons. The van der Waals surface area contributed by atoms with Crippen LogP contribution in [0.5, 0.6) is 0 Å². The summed E-state index contributed by atoms with van der Waals surface area (Å²) >= 11 is 1.62. The van der Waals surface area contributed by atoms with Gasteiger partial charge < -0.3 is 15.0 Å². The van der Waals surface area contributed by atoms with E-state index in [-0.39, 0.29) is 24.6 Å². The van der Waals surface area contributed by atoms with Gasteiger partial charge in [-0.3, -0.25) is 9.59 Å². The van der Waals surface area contributed by atoms with E-state index in [1.165, 1.54) is 10.6 Å². The van der Waals surface area contributed by atoms with E-state index in [9.17, 15) is 14.7 Å². The summed E-state index contributed by atoms with van der Waals surface area (Å²) in [6.07, 6.45) is 4.65. The van der Waals surface area contributed by atoms with Gasteiger partial charge in [0.05, 0.1) is 18.1 Å². The molecule has 2 aromatic heterocycles. The van der Waals surface area contributed by atoms with E-state index < -0.39 is 11.5 Å². The summed E-state index contributed by atoms with van der Waals surface area (Å²) in [7, 11) is 0. The van der Waals surface area contributed by atoms with Gasteiger partial charge in [0.1, 0.15) is 0 Å². The molecule has 5 nitrogen and oxygen atoms in total. The fourth-order valence-electron chi connectivity index (χ4n) is 3.40. The van der Waals surface area contributed by atoms with Crippen LogP contribution in [0.15, 0.2) is 46.7 Å². The highest BCUT2D eigenvalue weighted by atomic mass is 32.1. The summed E-state index contributed by atoms with van der Waals surface area (Å²) in [5.74, 6) is -0.0121. The Hall–Kier alpha value is -1.92. The molecule has 0 spiro atoms. The Balaban J connectivity index is 1.62. The second kappa shape index (κ2) is 7.32. The third-order valence-electron chi connectivity index (χ3n) is 4.69. The average molecular weight is 346 g/mol. The minimum atomic E-state index is -0.796. The van der Waals surface area contributed by atoms with Crippen molar-refractivity contribution in [1.29, 1.82) is 0 Å². The summed E-state index contributed by atoms with van der Waals surface area (Å²) in [5.41, 5.74) is -0.606. The third-order valence-corrected chi connectivity index (χ3v) is 5.76. The number of rotatable bonds is 6. The number of thiophene rings is 1. The molecular weight excluding hydrogens is 324 g/mol. The first-order valence-electron chi connectivity index (χ1n) is 8.28. The zero-order valence-electron chi connectivity index (χ0n) is 13.5. The maximum Gasteiger partial charge on any atom is 0.250 e. The molecule has 0 saturated heterocycles. The maximum absolute atomic E-state index is 12.8. The zero-order valence-corrected chi connectivity index (χ0v) is 14.3. The van der Waals surface area contributed by atoms with Crippen molar-refractivity contribution in [1.82, 2.24) is 9.88 Å². The van der Waals surface area contributed by atoms with E-state index in [2.05, 4.69) is 5.32 Å². The van der Waals surface area contributed by atoms with Crippen molar-refractivity contribution in [2.45, 2.75) is 43.7 Å². The lowest BCUT2D eigenvalue weighted by atomic mass is 9.83. The van der Waals surface area contributed by atoms with Gasteiger partial charge in [0.15, 0.2) is 0 Å². The first-order valence-corrected chi connectivity index (χ1v) is 9.16. The van der Waals surface area contributed by atoms with Crippen molar-refractivity contribution in [3.63, 3.8) is 0 Å². The molecule has 1 fully saturated rings. The Bertz CT molecular complexity index is 733. The highest BCUT2D eigenvalue weighted by molar-refractivity contribution is 7.10. The molecule has 2 N–H and O–H groups in total. The van der Waals surface area contributed by atoms with Gasteiger partial charge >= 0.3 is 0 Å². The molecule has 0 bridgehead atoms. The molecule has 1 aliphatic rings. The summed E-state index contributed by atoms with van der Waals surface area (Å²) in [6, 6.07) is 8.87. The molecule has 24 heavy (non-hydrogen) atoms. The number of nitrogens with zero attached hydrogens (tertiary/aromatic N) is 1. The quantitative estimate of drug-likeness (QED) is 0.839. The number of amides is 1. The van der Waals surface area contributed by atoms with Gasteiger partial charge in [0, 0.05) is 23.7 Å². The van der Waals surface area contributed by atoms with E-state index in [0.717, 1.165) is 30.6 Å². The van der Waals surface area contributed by atoms with Crippen molar-refractivity contribution in [2.24, 2.45) is 0 Å². The summed E-state index contributed by atoms with van der Waals surface area (Å²) in [4.78, 5) is 25.6. The maximum atomic E-state index is 12.8. The first kappa shape index (κ1) is 16.9. The van der Waals surface area contributed by atoms with E-state index in [4.69, 9.17) is 0 Å². The molecule has 1 saturated carbocycles. The number of aromatic nitrogens is 1. The molecule has 1 aliphatic carbocycles. The van der Waals surface area contributed by atoms with Gasteiger partial charge in [-0.1, -0.05) is 25.0 Å². The highest BCUT2D eigenvalue weighted by Crippen LogP contribution is 2.43. The van der Waals surface area contributed by atoms with E-state index in [0.29, 0.717) is 0 Å². The Morgan fingerprint density at radius 1 is 1.29 bits per heavy atom. The molecule has 6 heteroatoms. The molecule has 2 heterocycles. The second-order valence-electron chi connectivity index (χ2n) is 6.32. The van der Waals surface area contributed by atoms with Crippen molar-refractivity contribution in [3.05, 3.63) is 57.1 Å². The molecule has 3 rings (SSSR count). The molecule has 1 atom stereocenters. The van der Waals surface area contributed by atoms with E-state index >= 15 is 0 Å². The standard InChI is InChI=1S/C18H22N2O3S/c21-14(13-20-10-4-1-7-16(20)22)12-19-17(23)18(8-2-3-9-18)15-6-5-11-24-15/h1,4-7,10-11,14,21H,2-3,8-9,12-13H2,(H,19,23)/t14-/m0/s1. The van der Waals surface area contributed by atoms with Gasteiger partial charge in [0.25, 0.3) is 5.56 Å². The number of pyridine rings is 1. The smallest absolute Gasteiger partial charge is 0.250 e. The summed E-state index contributed by atoms with van der Waals surface area (Å²) in [6.45, 7) is 0.319. The topological polar surface area (TPSA) is 71.3 Å². The number of nitrogens with one attached hydrogen (secondary N) is 1. The second-order valence-corrected chi connectivity index (χ2v) is 7.27. The summed E-state index contributed by atoms with van der Waals surface area (Å²) < 4.78 is 1.45. The predicted molar refractivity (Wildman–Crippen MR) is 94.2 cm³/mol. The number of carbonyl (C=O) groups is 1. The van der Waals surface area contributed by atoms with Crippen LogP contribution in [0.3, 0.4) is 0 Å². The lowest BCUT2D eigenvalue weighted by Crippen LogP contribution is -2.45. The number of hydrogen-bond acceptors (Lipinski definition) is 4. The fourth-order valence-corrected chi connectivity index (χ4v) is 4.38. The van der Waals surface area contributed by atoms with Crippen LogP contribution >= 0.6 is 11.3 Å². The molecule has 0 unspecified atom stereocenters. The van der Waals surface area contributed by atoms with Crippen molar-refractivity contribution >= 4 is 17.2 Å². The lowest BCUT2D eigenvalue weighted by Gasteiger charge is -2.27. The summed E-state index contributed by atoms with van der Waals surface area (Å²) in [5, 5.41) is 15.1. The molecule has 0 aromatic carbocycles. The van der Waals surface area contributed by atoms with E-state index in [1.807, 2.05) is 17.5 Å². The molecule has 128 valence electrons. The van der Waals surface area contributed by atoms with Gasteiger partial charge in [-0.25, -0.2) is 0 Å².